The second kappa shape index (κ2) is 4.30. The van der Waals surface area contributed by atoms with Crippen LogP contribution >= 0.6 is 0 Å². The van der Waals surface area contributed by atoms with Crippen LogP contribution < -0.4 is 10.8 Å². The lowest BCUT2D eigenvalue weighted by Crippen LogP contribution is -2.42. The van der Waals surface area contributed by atoms with Gasteiger partial charge in [0.15, 0.2) is 0 Å². The van der Waals surface area contributed by atoms with E-state index < -0.39 is 6.03 Å². The van der Waals surface area contributed by atoms with Crippen molar-refractivity contribution in [1.82, 2.24) is 10.8 Å². The van der Waals surface area contributed by atoms with Crippen LogP contribution in [0.5, 0.6) is 0 Å². The van der Waals surface area contributed by atoms with Gasteiger partial charge in [-0.2, -0.15) is 0 Å². The van der Waals surface area contributed by atoms with Gasteiger partial charge in [-0.3, -0.25) is 5.21 Å². The van der Waals surface area contributed by atoms with E-state index in [-0.39, 0.29) is 6.04 Å². The molecule has 0 unspecified atom stereocenters. The number of hydrogen-bond acceptors (Lipinski definition) is 2. The van der Waals surface area contributed by atoms with Crippen molar-refractivity contribution in [3.8, 4) is 0 Å². The molecule has 1 rings (SSSR count). The molecule has 0 spiro atoms. The van der Waals surface area contributed by atoms with Gasteiger partial charge in [0.1, 0.15) is 0 Å². The van der Waals surface area contributed by atoms with Crippen LogP contribution in [-0.2, 0) is 0 Å². The largest absolute Gasteiger partial charge is 0.338 e. The molecule has 70 valence electrons. The van der Waals surface area contributed by atoms with Crippen molar-refractivity contribution >= 4 is 6.03 Å². The monoisotopic (exact) mass is 172 g/mol. The van der Waals surface area contributed by atoms with Crippen molar-refractivity contribution < 1.29 is 10.0 Å². The number of nitrogens with one attached hydrogen (secondary N) is 2. The molecule has 4 heteroatoms. The van der Waals surface area contributed by atoms with E-state index in [1.165, 1.54) is 0 Å². The summed E-state index contributed by atoms with van der Waals surface area (Å²) in [6.07, 6.45) is 4.37. The molecule has 1 fully saturated rings. The van der Waals surface area contributed by atoms with E-state index in [2.05, 4.69) is 12.2 Å². The summed E-state index contributed by atoms with van der Waals surface area (Å²) in [7, 11) is 0. The first-order chi connectivity index (χ1) is 5.72. The Balaban J connectivity index is 2.21. The molecular formula is C8H16N2O2. The summed E-state index contributed by atoms with van der Waals surface area (Å²) in [6, 6.07) is -0.247. The normalized spacial score (nSPS) is 29.5. The molecule has 0 saturated heterocycles. The quantitative estimate of drug-likeness (QED) is 0.412. The zero-order valence-corrected chi connectivity index (χ0v) is 7.34. The minimum absolute atomic E-state index is 0.244. The van der Waals surface area contributed by atoms with Gasteiger partial charge >= 0.3 is 6.03 Å². The smallest absolute Gasteiger partial charge is 0.334 e. The van der Waals surface area contributed by atoms with Gasteiger partial charge in [0.2, 0.25) is 0 Å². The summed E-state index contributed by atoms with van der Waals surface area (Å²) < 4.78 is 0. The van der Waals surface area contributed by atoms with Gasteiger partial charge in [0, 0.05) is 6.04 Å². The Morgan fingerprint density at radius 3 is 2.42 bits per heavy atom. The number of amides is 2. The van der Waals surface area contributed by atoms with Crippen molar-refractivity contribution in [2.75, 3.05) is 0 Å². The van der Waals surface area contributed by atoms with Gasteiger partial charge in [0.05, 0.1) is 0 Å². The summed E-state index contributed by atoms with van der Waals surface area (Å²) in [6.45, 7) is 2.22. The molecule has 1 aliphatic rings. The highest BCUT2D eigenvalue weighted by molar-refractivity contribution is 5.72. The van der Waals surface area contributed by atoms with E-state index in [1.54, 1.807) is 5.48 Å². The number of carbonyl (C=O) groups is 1. The molecule has 1 aliphatic carbocycles. The highest BCUT2D eigenvalue weighted by atomic mass is 16.5. The zero-order valence-electron chi connectivity index (χ0n) is 7.34. The molecule has 0 aromatic heterocycles. The van der Waals surface area contributed by atoms with Gasteiger partial charge in [-0.1, -0.05) is 6.92 Å². The van der Waals surface area contributed by atoms with Crippen molar-refractivity contribution in [3.63, 3.8) is 0 Å². The molecule has 0 atom stereocenters. The Kier molecular flexibility index (Phi) is 3.34. The van der Waals surface area contributed by atoms with E-state index in [1.807, 2.05) is 0 Å². The highest BCUT2D eigenvalue weighted by Crippen LogP contribution is 2.23. The maximum absolute atomic E-state index is 10.7. The molecule has 2 amide bonds. The van der Waals surface area contributed by atoms with Crippen LogP contribution in [0.1, 0.15) is 32.6 Å². The topological polar surface area (TPSA) is 61.4 Å². The summed E-state index contributed by atoms with van der Waals surface area (Å²) in [5.41, 5.74) is 1.57. The van der Waals surface area contributed by atoms with Crippen LogP contribution in [0.2, 0.25) is 0 Å². The minimum Gasteiger partial charge on any atom is -0.334 e. The highest BCUT2D eigenvalue weighted by Gasteiger charge is 2.19. The molecule has 0 heterocycles. The van der Waals surface area contributed by atoms with Crippen molar-refractivity contribution in [2.45, 2.75) is 38.6 Å². The number of hydrogen-bond donors (Lipinski definition) is 3. The third-order valence-electron chi connectivity index (χ3n) is 2.45. The molecule has 1 saturated carbocycles. The summed E-state index contributed by atoms with van der Waals surface area (Å²) in [5, 5.41) is 10.9. The summed E-state index contributed by atoms with van der Waals surface area (Å²) >= 11 is 0. The summed E-state index contributed by atoms with van der Waals surface area (Å²) in [5.74, 6) is 0.778. The zero-order chi connectivity index (χ0) is 8.97. The number of carbonyl (C=O) groups excluding carboxylic acids is 1. The minimum atomic E-state index is -0.491. The second-order valence-electron chi connectivity index (χ2n) is 3.54. The van der Waals surface area contributed by atoms with Crippen LogP contribution in [0.3, 0.4) is 0 Å². The predicted molar refractivity (Wildman–Crippen MR) is 44.9 cm³/mol. The van der Waals surface area contributed by atoms with E-state index in [0.29, 0.717) is 0 Å². The average Bonchev–Trinajstić information content (AvgIpc) is 2.09. The van der Waals surface area contributed by atoms with Gasteiger partial charge in [-0.25, -0.2) is 10.3 Å². The Labute approximate surface area is 72.3 Å². The van der Waals surface area contributed by atoms with Crippen LogP contribution in [0.25, 0.3) is 0 Å². The fraction of sp³-hybridized carbons (Fsp3) is 0.875. The van der Waals surface area contributed by atoms with Crippen molar-refractivity contribution in [3.05, 3.63) is 0 Å². The van der Waals surface area contributed by atoms with Gasteiger partial charge in [-0.15, -0.1) is 0 Å². The first-order valence-electron chi connectivity index (χ1n) is 4.43. The van der Waals surface area contributed by atoms with E-state index in [4.69, 9.17) is 5.21 Å². The van der Waals surface area contributed by atoms with E-state index in [9.17, 15) is 4.79 Å². The lowest BCUT2D eigenvalue weighted by Gasteiger charge is -2.26. The first kappa shape index (κ1) is 9.32. The molecular weight excluding hydrogens is 156 g/mol. The van der Waals surface area contributed by atoms with Crippen LogP contribution in [0.15, 0.2) is 0 Å². The molecule has 0 aromatic carbocycles. The molecule has 4 nitrogen and oxygen atoms in total. The standard InChI is InChI=1S/C8H16N2O2/c1-6-2-4-7(5-3-6)9-8(11)10-12/h6-7,12H,2-5H2,1H3,(H2,9,10,11). The maximum atomic E-state index is 10.7. The first-order valence-corrected chi connectivity index (χ1v) is 4.43. The van der Waals surface area contributed by atoms with Gasteiger partial charge in [-0.05, 0) is 31.6 Å². The molecule has 0 radical (unpaired) electrons. The lowest BCUT2D eigenvalue weighted by atomic mass is 9.87. The number of rotatable bonds is 1. The Morgan fingerprint density at radius 2 is 1.92 bits per heavy atom. The average molecular weight is 172 g/mol. The number of hydroxylamine groups is 1. The second-order valence-corrected chi connectivity index (χ2v) is 3.54. The molecule has 0 aromatic rings. The molecule has 0 aliphatic heterocycles. The lowest BCUT2D eigenvalue weighted by molar-refractivity contribution is 0.155. The van der Waals surface area contributed by atoms with E-state index >= 15 is 0 Å². The van der Waals surface area contributed by atoms with E-state index in [0.717, 1.165) is 31.6 Å². The Bertz CT molecular complexity index is 153. The predicted octanol–water partition coefficient (Wildman–Crippen LogP) is 1.25. The van der Waals surface area contributed by atoms with Crippen LogP contribution in [0.4, 0.5) is 4.79 Å². The fourth-order valence-electron chi connectivity index (χ4n) is 1.62. The SMILES string of the molecule is CC1CCC(NC(=O)NO)CC1. The molecule has 12 heavy (non-hydrogen) atoms. The third-order valence-corrected chi connectivity index (χ3v) is 2.45. The van der Waals surface area contributed by atoms with Gasteiger partial charge in [0.25, 0.3) is 0 Å². The summed E-state index contributed by atoms with van der Waals surface area (Å²) in [4.78, 5) is 10.7. The Hall–Kier alpha value is -0.770. The van der Waals surface area contributed by atoms with Crippen molar-refractivity contribution in [1.29, 1.82) is 0 Å². The number of urea groups is 1. The van der Waals surface area contributed by atoms with Gasteiger partial charge < -0.3 is 5.32 Å². The Morgan fingerprint density at radius 1 is 1.33 bits per heavy atom. The fourth-order valence-corrected chi connectivity index (χ4v) is 1.62. The molecule has 0 bridgehead atoms. The van der Waals surface area contributed by atoms with Crippen LogP contribution in [-0.4, -0.2) is 17.3 Å². The third kappa shape index (κ3) is 2.70. The molecule has 3 N–H and O–H groups in total. The van der Waals surface area contributed by atoms with Crippen LogP contribution in [0, 0.1) is 5.92 Å². The van der Waals surface area contributed by atoms with Crippen molar-refractivity contribution in [2.24, 2.45) is 5.92 Å². The maximum Gasteiger partial charge on any atom is 0.338 e.